The molecule has 8 heteroatoms. The number of epoxide rings is 4. The summed E-state index contributed by atoms with van der Waals surface area (Å²) in [5.41, 5.74) is 1.72. The van der Waals surface area contributed by atoms with Crippen LogP contribution in [0.1, 0.15) is 64.2 Å². The monoisotopic (exact) mass is 636 g/mol. The van der Waals surface area contributed by atoms with E-state index in [-0.39, 0.29) is 17.6 Å². The van der Waals surface area contributed by atoms with Crippen molar-refractivity contribution in [3.63, 3.8) is 0 Å². The molecule has 4 aliphatic heterocycles. The number of hydrogen-bond acceptors (Lipinski definition) is 8. The molecule has 4 aliphatic carbocycles. The maximum atomic E-state index is 6.39. The standard InChI is InChI=1S/C38H52O8/c1-7-29(39-18-33-22-43-33)8-2-26(1)17-38(15-13-32(14-16-38)42-21-36-25-46-36)37(27-3-9-30(10-4-27)40-19-34-23-44-34)28-5-11-31(12-6-28)41-20-35-24-45-35/h1,3-4,7-9,11,26,28,30,32-37H,2,5-6,10,12-25H2. The Morgan fingerprint density at radius 1 is 0.696 bits per heavy atom. The summed E-state index contributed by atoms with van der Waals surface area (Å²) in [6.07, 6.45) is 29.3. The molecule has 8 aliphatic rings. The predicted octanol–water partition coefficient (Wildman–Crippen LogP) is 5.98. The lowest BCUT2D eigenvalue weighted by atomic mass is 9.54. The summed E-state index contributed by atoms with van der Waals surface area (Å²) in [4.78, 5) is 0. The summed E-state index contributed by atoms with van der Waals surface area (Å²) in [7, 11) is 0. The van der Waals surface area contributed by atoms with Crippen molar-refractivity contribution in [3.05, 3.63) is 59.6 Å². The van der Waals surface area contributed by atoms with Gasteiger partial charge in [-0.15, -0.1) is 0 Å². The van der Waals surface area contributed by atoms with Gasteiger partial charge in [-0.05, 0) is 105 Å². The Labute approximate surface area is 274 Å². The summed E-state index contributed by atoms with van der Waals surface area (Å²) in [5.74, 6) is 3.72. The second kappa shape index (κ2) is 14.3. The second-order valence-electron chi connectivity index (χ2n) is 14.9. The molecule has 4 heterocycles. The summed E-state index contributed by atoms with van der Waals surface area (Å²) in [5, 5.41) is 0. The van der Waals surface area contributed by atoms with Gasteiger partial charge in [0.05, 0.1) is 57.6 Å². The Balaban J connectivity index is 1.01. The fourth-order valence-corrected chi connectivity index (χ4v) is 8.28. The van der Waals surface area contributed by atoms with Crippen molar-refractivity contribution in [2.45, 2.75) is 101 Å². The van der Waals surface area contributed by atoms with E-state index in [9.17, 15) is 0 Å². The fraction of sp³-hybridized carbons (Fsp3) is 0.737. The van der Waals surface area contributed by atoms with Crippen molar-refractivity contribution in [1.29, 1.82) is 0 Å². The van der Waals surface area contributed by atoms with E-state index in [0.717, 1.165) is 89.5 Å². The van der Waals surface area contributed by atoms with E-state index in [1.54, 1.807) is 0 Å². The first-order chi connectivity index (χ1) is 22.7. The van der Waals surface area contributed by atoms with E-state index in [1.807, 2.05) is 0 Å². The molecule has 1 saturated carbocycles. The molecule has 0 radical (unpaired) electrons. The molecular weight excluding hydrogens is 584 g/mol. The van der Waals surface area contributed by atoms with Crippen LogP contribution in [0.5, 0.6) is 0 Å². The lowest BCUT2D eigenvalue weighted by molar-refractivity contribution is -0.0383. The van der Waals surface area contributed by atoms with Crippen LogP contribution in [-0.2, 0) is 37.9 Å². The SMILES string of the molecule is C1=CC(CC2(C(C3=CCC(OCC4CO4)C=C3)C3CC=C(OCC4CO4)CC3)CCC(OCC3CO3)CC2)CC=C1OCC1CO1. The van der Waals surface area contributed by atoms with Crippen molar-refractivity contribution in [2.75, 3.05) is 52.9 Å². The van der Waals surface area contributed by atoms with E-state index >= 15 is 0 Å². The van der Waals surface area contributed by atoms with Crippen LogP contribution in [-0.4, -0.2) is 89.5 Å². The van der Waals surface area contributed by atoms with E-state index in [4.69, 9.17) is 37.9 Å². The third kappa shape index (κ3) is 8.55. The molecule has 0 spiro atoms. The van der Waals surface area contributed by atoms with Gasteiger partial charge < -0.3 is 37.9 Å². The third-order valence-electron chi connectivity index (χ3n) is 11.3. The molecule has 0 bridgehead atoms. The Morgan fingerprint density at radius 2 is 1.39 bits per heavy atom. The molecule has 8 atom stereocenters. The normalized spacial score (nSPS) is 40.0. The average molecular weight is 637 g/mol. The molecule has 252 valence electrons. The summed E-state index contributed by atoms with van der Waals surface area (Å²) in [6.45, 7) is 6.15. The zero-order chi connectivity index (χ0) is 30.8. The smallest absolute Gasteiger partial charge is 0.117 e. The van der Waals surface area contributed by atoms with E-state index in [2.05, 4.69) is 42.5 Å². The number of ether oxygens (including phenoxy) is 8. The molecule has 0 N–H and O–H groups in total. The van der Waals surface area contributed by atoms with E-state index in [1.165, 1.54) is 24.8 Å². The lowest BCUT2D eigenvalue weighted by Gasteiger charge is -2.51. The molecule has 0 aromatic rings. The second-order valence-corrected chi connectivity index (χ2v) is 14.9. The largest absolute Gasteiger partial charge is 0.495 e. The summed E-state index contributed by atoms with van der Waals surface area (Å²) < 4.78 is 46.4. The van der Waals surface area contributed by atoms with Crippen molar-refractivity contribution < 1.29 is 37.9 Å². The van der Waals surface area contributed by atoms with Gasteiger partial charge in [0, 0.05) is 6.42 Å². The Kier molecular flexibility index (Phi) is 9.72. The Morgan fingerprint density at radius 3 is 2.00 bits per heavy atom. The van der Waals surface area contributed by atoms with Gasteiger partial charge in [-0.2, -0.15) is 0 Å². The van der Waals surface area contributed by atoms with Gasteiger partial charge in [0.15, 0.2) is 0 Å². The predicted molar refractivity (Wildman–Crippen MR) is 172 cm³/mol. The van der Waals surface area contributed by atoms with Crippen LogP contribution < -0.4 is 0 Å². The summed E-state index contributed by atoms with van der Waals surface area (Å²) >= 11 is 0. The molecule has 0 aromatic carbocycles. The highest BCUT2D eigenvalue weighted by atomic mass is 16.6. The maximum Gasteiger partial charge on any atom is 0.117 e. The highest BCUT2D eigenvalue weighted by Gasteiger charge is 2.48. The number of rotatable bonds is 17. The summed E-state index contributed by atoms with van der Waals surface area (Å²) in [6, 6.07) is 0. The Hall–Kier alpha value is -1.94. The molecule has 0 amide bonds. The van der Waals surface area contributed by atoms with E-state index < -0.39 is 0 Å². The molecule has 46 heavy (non-hydrogen) atoms. The van der Waals surface area contributed by atoms with Gasteiger partial charge in [-0.1, -0.05) is 24.3 Å². The first kappa shape index (κ1) is 31.3. The number of allylic oxidation sites excluding steroid dienone is 7. The van der Waals surface area contributed by atoms with Gasteiger partial charge in [-0.3, -0.25) is 0 Å². The third-order valence-corrected chi connectivity index (χ3v) is 11.3. The Bertz CT molecular complexity index is 1190. The van der Waals surface area contributed by atoms with E-state index in [0.29, 0.717) is 62.0 Å². The minimum absolute atomic E-state index is 0.139. The molecule has 4 saturated heterocycles. The van der Waals surface area contributed by atoms with Crippen LogP contribution in [0.4, 0.5) is 0 Å². The molecule has 8 unspecified atom stereocenters. The molecule has 8 nitrogen and oxygen atoms in total. The molecule has 0 aromatic heterocycles. The van der Waals surface area contributed by atoms with Crippen LogP contribution >= 0.6 is 0 Å². The van der Waals surface area contributed by atoms with Gasteiger partial charge >= 0.3 is 0 Å². The number of hydrogen-bond donors (Lipinski definition) is 0. The lowest BCUT2D eigenvalue weighted by Crippen LogP contribution is -2.43. The highest BCUT2D eigenvalue weighted by Crippen LogP contribution is 2.56. The average Bonchev–Trinajstić information content (AvgIpc) is 3.88. The van der Waals surface area contributed by atoms with Crippen LogP contribution in [0.2, 0.25) is 0 Å². The minimum atomic E-state index is 0.139. The van der Waals surface area contributed by atoms with Gasteiger partial charge in [-0.25, -0.2) is 0 Å². The first-order valence-corrected chi connectivity index (χ1v) is 18.1. The minimum Gasteiger partial charge on any atom is -0.495 e. The molecular formula is C38H52O8. The highest BCUT2D eigenvalue weighted by molar-refractivity contribution is 5.31. The van der Waals surface area contributed by atoms with Crippen molar-refractivity contribution in [3.8, 4) is 0 Å². The van der Waals surface area contributed by atoms with Crippen LogP contribution in [0.15, 0.2) is 59.6 Å². The van der Waals surface area contributed by atoms with Gasteiger partial charge in [0.25, 0.3) is 0 Å². The van der Waals surface area contributed by atoms with Crippen molar-refractivity contribution in [2.24, 2.45) is 23.2 Å². The van der Waals surface area contributed by atoms with Crippen LogP contribution in [0.25, 0.3) is 0 Å². The van der Waals surface area contributed by atoms with Gasteiger partial charge in [0.2, 0.25) is 0 Å². The van der Waals surface area contributed by atoms with Crippen LogP contribution in [0.3, 0.4) is 0 Å². The van der Waals surface area contributed by atoms with Gasteiger partial charge in [0.1, 0.15) is 43.4 Å². The zero-order valence-corrected chi connectivity index (χ0v) is 27.2. The fourth-order valence-electron chi connectivity index (χ4n) is 8.28. The molecule has 8 rings (SSSR count). The van der Waals surface area contributed by atoms with Crippen molar-refractivity contribution >= 4 is 0 Å². The van der Waals surface area contributed by atoms with Crippen molar-refractivity contribution in [1.82, 2.24) is 0 Å². The quantitative estimate of drug-likeness (QED) is 0.180. The molecule has 5 fully saturated rings. The topological polar surface area (TPSA) is 87.0 Å². The zero-order valence-electron chi connectivity index (χ0n) is 27.2. The van der Waals surface area contributed by atoms with Crippen LogP contribution in [0, 0.1) is 23.2 Å². The first-order valence-electron chi connectivity index (χ1n) is 18.1. The maximum absolute atomic E-state index is 6.39.